The fourth-order valence-corrected chi connectivity index (χ4v) is 0.333. The van der Waals surface area contributed by atoms with Crippen molar-refractivity contribution < 1.29 is 19.8 Å². The van der Waals surface area contributed by atoms with E-state index in [1.165, 1.54) is 6.92 Å². The average molecular weight is 186 g/mol. The largest absolute Gasteiger partial charge is 0.550 e. The van der Waals surface area contributed by atoms with Crippen molar-refractivity contribution in [3.63, 3.8) is 0 Å². The smallest absolute Gasteiger partial charge is 0.0666 e. The van der Waals surface area contributed by atoms with Crippen LogP contribution in [0.5, 0.6) is 0 Å². The second kappa shape index (κ2) is 7.34. The Labute approximate surface area is 77.9 Å². The lowest BCUT2D eigenvalue weighted by Crippen LogP contribution is -2.23. The molecular weight excluding hydrogens is 172 g/mol. The Morgan fingerprint density at radius 3 is 1.62 bits per heavy atom. The van der Waals surface area contributed by atoms with Gasteiger partial charge in [0.2, 0.25) is 0 Å². The molecule has 0 aliphatic rings. The van der Waals surface area contributed by atoms with E-state index >= 15 is 0 Å². The standard InChI is InChI=1S/C5H10O2.C4H6O2/c1-4(2)3-5(6)7;1-3(2)4(5)6/h4H,3H2,1-2H3,(H,6,7);1H2,2H3,(H,5,6)/p-2. The fraction of sp³-hybridized carbons (Fsp3) is 0.556. The molecule has 0 aromatic heterocycles. The van der Waals surface area contributed by atoms with Gasteiger partial charge in [-0.3, -0.25) is 0 Å². The maximum atomic E-state index is 9.70. The van der Waals surface area contributed by atoms with Crippen molar-refractivity contribution in [1.82, 2.24) is 0 Å². The molecule has 0 aromatic rings. The highest BCUT2D eigenvalue weighted by Gasteiger charge is 1.90. The fourth-order valence-electron chi connectivity index (χ4n) is 0.333. The van der Waals surface area contributed by atoms with E-state index in [-0.39, 0.29) is 17.9 Å². The van der Waals surface area contributed by atoms with Gasteiger partial charge in [0.15, 0.2) is 0 Å². The van der Waals surface area contributed by atoms with E-state index in [1.807, 2.05) is 13.8 Å². The van der Waals surface area contributed by atoms with Crippen LogP contribution in [0.4, 0.5) is 0 Å². The van der Waals surface area contributed by atoms with Crippen LogP contribution >= 0.6 is 0 Å². The van der Waals surface area contributed by atoms with E-state index in [1.54, 1.807) is 0 Å². The SMILES string of the molecule is C=C(C)C(=O)[O-].CC(C)CC(=O)[O-]. The van der Waals surface area contributed by atoms with Gasteiger partial charge in [-0.25, -0.2) is 0 Å². The molecule has 0 saturated carbocycles. The lowest BCUT2D eigenvalue weighted by Gasteiger charge is -2.02. The molecule has 0 rings (SSSR count). The lowest BCUT2D eigenvalue weighted by molar-refractivity contribution is -0.306. The van der Waals surface area contributed by atoms with Crippen LogP contribution in [0, 0.1) is 5.92 Å². The van der Waals surface area contributed by atoms with Crippen molar-refractivity contribution in [2.75, 3.05) is 0 Å². The molecule has 0 aliphatic heterocycles. The molecule has 0 heterocycles. The monoisotopic (exact) mass is 186 g/mol. The van der Waals surface area contributed by atoms with Crippen molar-refractivity contribution in [1.29, 1.82) is 0 Å². The lowest BCUT2D eigenvalue weighted by atomic mass is 10.1. The van der Waals surface area contributed by atoms with Crippen LogP contribution in [0.1, 0.15) is 27.2 Å². The van der Waals surface area contributed by atoms with E-state index in [9.17, 15) is 19.8 Å². The highest BCUT2D eigenvalue weighted by Crippen LogP contribution is 1.95. The first-order valence-electron chi connectivity index (χ1n) is 3.84. The van der Waals surface area contributed by atoms with Crippen molar-refractivity contribution >= 4 is 11.9 Å². The van der Waals surface area contributed by atoms with Crippen LogP contribution in [0.2, 0.25) is 0 Å². The Morgan fingerprint density at radius 2 is 1.62 bits per heavy atom. The maximum absolute atomic E-state index is 9.70. The summed E-state index contributed by atoms with van der Waals surface area (Å²) in [6.07, 6.45) is 0.167. The zero-order chi connectivity index (χ0) is 11.0. The molecule has 0 spiro atoms. The molecule has 0 bridgehead atoms. The number of hydrogen-bond acceptors (Lipinski definition) is 4. The highest BCUT2D eigenvalue weighted by atomic mass is 16.4. The number of hydrogen-bond donors (Lipinski definition) is 0. The van der Waals surface area contributed by atoms with Gasteiger partial charge in [-0.15, -0.1) is 0 Å². The van der Waals surface area contributed by atoms with Gasteiger partial charge in [0.25, 0.3) is 0 Å². The summed E-state index contributed by atoms with van der Waals surface area (Å²) in [6, 6.07) is 0. The topological polar surface area (TPSA) is 80.3 Å². The minimum Gasteiger partial charge on any atom is -0.550 e. The zero-order valence-corrected chi connectivity index (χ0v) is 8.12. The Morgan fingerprint density at radius 1 is 1.31 bits per heavy atom. The molecule has 0 fully saturated rings. The first-order chi connectivity index (χ1) is 5.77. The molecule has 0 unspecified atom stereocenters. The van der Waals surface area contributed by atoms with Crippen LogP contribution in [0.3, 0.4) is 0 Å². The van der Waals surface area contributed by atoms with E-state index in [0.717, 1.165) is 0 Å². The molecule has 0 aliphatic carbocycles. The number of carboxylic acids is 2. The minimum absolute atomic E-state index is 0.0648. The Bertz CT molecular complexity index is 182. The summed E-state index contributed by atoms with van der Waals surface area (Å²) in [5, 5.41) is 19.2. The van der Waals surface area contributed by atoms with E-state index < -0.39 is 11.9 Å². The van der Waals surface area contributed by atoms with Crippen molar-refractivity contribution in [2.24, 2.45) is 5.92 Å². The van der Waals surface area contributed by atoms with E-state index in [0.29, 0.717) is 0 Å². The van der Waals surface area contributed by atoms with Gasteiger partial charge in [-0.05, 0) is 24.8 Å². The molecular formula is C9H14O4-2. The molecule has 0 aromatic carbocycles. The third kappa shape index (κ3) is 18.0. The van der Waals surface area contributed by atoms with Crippen LogP contribution in [-0.4, -0.2) is 11.9 Å². The van der Waals surface area contributed by atoms with Crippen molar-refractivity contribution in [3.8, 4) is 0 Å². The van der Waals surface area contributed by atoms with Gasteiger partial charge in [0, 0.05) is 5.97 Å². The third-order valence-corrected chi connectivity index (χ3v) is 0.923. The summed E-state index contributed by atoms with van der Waals surface area (Å²) in [6.45, 7) is 8.16. The predicted molar refractivity (Wildman–Crippen MR) is 44.3 cm³/mol. The Balaban J connectivity index is 0. The first-order valence-corrected chi connectivity index (χ1v) is 3.84. The summed E-state index contributed by atoms with van der Waals surface area (Å²) in [5.41, 5.74) is 0.0648. The summed E-state index contributed by atoms with van der Waals surface area (Å²) >= 11 is 0. The summed E-state index contributed by atoms with van der Waals surface area (Å²) in [7, 11) is 0. The van der Waals surface area contributed by atoms with Gasteiger partial charge in [-0.2, -0.15) is 0 Å². The Kier molecular flexibility index (Phi) is 8.02. The third-order valence-electron chi connectivity index (χ3n) is 0.923. The number of carbonyl (C=O) groups is 2. The average Bonchev–Trinajstić information content (AvgIpc) is 1.84. The van der Waals surface area contributed by atoms with E-state index in [2.05, 4.69) is 6.58 Å². The normalized spacial score (nSPS) is 8.62. The zero-order valence-electron chi connectivity index (χ0n) is 8.12. The van der Waals surface area contributed by atoms with Crippen LogP contribution < -0.4 is 10.2 Å². The molecule has 0 radical (unpaired) electrons. The van der Waals surface area contributed by atoms with Crippen LogP contribution in [0.15, 0.2) is 12.2 Å². The number of carbonyl (C=O) groups excluding carboxylic acids is 2. The minimum atomic E-state index is -1.19. The quantitative estimate of drug-likeness (QED) is 0.535. The highest BCUT2D eigenvalue weighted by molar-refractivity contribution is 5.82. The second-order valence-corrected chi connectivity index (χ2v) is 3.04. The number of carboxylic acid groups (broad SMARTS) is 2. The van der Waals surface area contributed by atoms with Crippen LogP contribution in [-0.2, 0) is 9.59 Å². The summed E-state index contributed by atoms with van der Waals surface area (Å²) in [5.74, 6) is -1.94. The summed E-state index contributed by atoms with van der Waals surface area (Å²) < 4.78 is 0. The van der Waals surface area contributed by atoms with Crippen molar-refractivity contribution in [3.05, 3.63) is 12.2 Å². The van der Waals surface area contributed by atoms with Gasteiger partial charge < -0.3 is 19.8 Å². The molecule has 0 saturated heterocycles. The number of aliphatic carboxylic acids is 2. The summed E-state index contributed by atoms with van der Waals surface area (Å²) in [4.78, 5) is 19.2. The molecule has 76 valence electrons. The Hall–Kier alpha value is -1.32. The maximum Gasteiger partial charge on any atom is 0.0666 e. The van der Waals surface area contributed by atoms with Gasteiger partial charge in [0.05, 0.1) is 5.97 Å². The van der Waals surface area contributed by atoms with Crippen LogP contribution in [0.25, 0.3) is 0 Å². The molecule has 0 amide bonds. The first kappa shape index (κ1) is 14.2. The number of rotatable bonds is 3. The van der Waals surface area contributed by atoms with Gasteiger partial charge in [0.1, 0.15) is 0 Å². The van der Waals surface area contributed by atoms with E-state index in [4.69, 9.17) is 0 Å². The van der Waals surface area contributed by atoms with Crippen molar-refractivity contribution in [2.45, 2.75) is 27.2 Å². The van der Waals surface area contributed by atoms with Gasteiger partial charge >= 0.3 is 0 Å². The molecule has 4 nitrogen and oxygen atoms in total. The molecule has 13 heavy (non-hydrogen) atoms. The molecule has 0 N–H and O–H groups in total. The molecule has 4 heteroatoms. The second-order valence-electron chi connectivity index (χ2n) is 3.04. The van der Waals surface area contributed by atoms with Gasteiger partial charge in [-0.1, -0.05) is 20.4 Å². The predicted octanol–water partition coefficient (Wildman–Crippen LogP) is -0.905. The molecule has 0 atom stereocenters.